The Bertz CT molecular complexity index is 1530. The van der Waals surface area contributed by atoms with Gasteiger partial charge in [0.05, 0.1) is 16.9 Å². The van der Waals surface area contributed by atoms with E-state index in [4.69, 9.17) is 9.98 Å². The number of nitrogens with zero attached hydrogens (tertiary/aromatic N) is 4. The average Bonchev–Trinajstić information content (AvgIpc) is 2.97. The van der Waals surface area contributed by atoms with E-state index in [0.717, 1.165) is 73.8 Å². The van der Waals surface area contributed by atoms with E-state index in [0.29, 0.717) is 28.8 Å². The molecule has 2 aromatic carbocycles. The molecule has 1 aromatic heterocycles. The summed E-state index contributed by atoms with van der Waals surface area (Å²) in [6.07, 6.45) is 4.52. The highest BCUT2D eigenvalue weighted by atomic mass is 16.1. The zero-order chi connectivity index (χ0) is 28.3. The average molecular weight is 553 g/mol. The van der Waals surface area contributed by atoms with Crippen molar-refractivity contribution >= 4 is 22.5 Å². The molecule has 7 nitrogen and oxygen atoms in total. The van der Waals surface area contributed by atoms with E-state index < -0.39 is 0 Å². The second kappa shape index (κ2) is 10.3. The summed E-state index contributed by atoms with van der Waals surface area (Å²) >= 11 is 0. The molecule has 2 bridgehead atoms. The third kappa shape index (κ3) is 4.66. The maximum absolute atomic E-state index is 13.6. The molecule has 3 saturated carbocycles. The van der Waals surface area contributed by atoms with Gasteiger partial charge in [0.2, 0.25) is 0 Å². The predicted octanol–water partition coefficient (Wildman–Crippen LogP) is 5.45. The number of hydrogen-bond donors (Lipinski definition) is 2. The number of hydrogen-bond acceptors (Lipinski definition) is 4. The molecule has 5 aliphatic rings. The van der Waals surface area contributed by atoms with Crippen LogP contribution in [-0.4, -0.2) is 52.1 Å². The number of anilines is 1. The summed E-state index contributed by atoms with van der Waals surface area (Å²) < 4.78 is 1.91. The lowest BCUT2D eigenvalue weighted by atomic mass is 9.45. The highest BCUT2D eigenvalue weighted by Crippen LogP contribution is 2.61. The first-order chi connectivity index (χ1) is 19.8. The first-order valence-corrected chi connectivity index (χ1v) is 15.7. The molecule has 3 aromatic rings. The van der Waals surface area contributed by atoms with Crippen LogP contribution in [0.25, 0.3) is 10.9 Å². The van der Waals surface area contributed by atoms with Gasteiger partial charge in [-0.25, -0.2) is 9.98 Å². The number of guanidine groups is 1. The van der Waals surface area contributed by atoms with Gasteiger partial charge in [-0.15, -0.1) is 0 Å². The topological polar surface area (TPSA) is 74.5 Å². The summed E-state index contributed by atoms with van der Waals surface area (Å²) in [6.45, 7) is 13.1. The fraction of sp³-hybridized carbons (Fsp3) is 0.559. The largest absolute Gasteiger partial charge is 0.340 e. The smallest absolute Gasteiger partial charge is 0.261 e. The molecule has 2 N–H and O–H groups in total. The van der Waals surface area contributed by atoms with Crippen molar-refractivity contribution in [1.82, 2.24) is 19.8 Å². The van der Waals surface area contributed by atoms with Crippen LogP contribution in [0.4, 0.5) is 5.69 Å². The molecule has 0 amide bonds. The quantitative estimate of drug-likeness (QED) is 0.334. The van der Waals surface area contributed by atoms with Crippen molar-refractivity contribution in [3.63, 3.8) is 0 Å². The van der Waals surface area contributed by atoms with Crippen molar-refractivity contribution in [2.45, 2.75) is 77.9 Å². The zero-order valence-corrected chi connectivity index (χ0v) is 24.9. The molecule has 0 spiro atoms. The summed E-state index contributed by atoms with van der Waals surface area (Å²) in [5.74, 6) is 4.08. The number of benzene rings is 2. The first-order valence-electron chi connectivity index (χ1n) is 15.7. The molecule has 6 atom stereocenters. The lowest BCUT2D eigenvalue weighted by molar-refractivity contribution is -0.108. The van der Waals surface area contributed by atoms with Gasteiger partial charge in [-0.1, -0.05) is 51.1 Å². The Morgan fingerprint density at radius 3 is 2.68 bits per heavy atom. The highest BCUT2D eigenvalue weighted by molar-refractivity contribution is 5.96. The molecule has 216 valence electrons. The second-order valence-corrected chi connectivity index (χ2v) is 13.7. The van der Waals surface area contributed by atoms with E-state index in [2.05, 4.69) is 73.6 Å². The SMILES string of the molecule is C[C@@H]1C(N=C(Nc2ccc3c(=O)n4c(nc3c2)C(c2ccccc2)CCC4)N2CCN[C@@H](C)C2)C[C@@H]2C[C@H]1C2(C)C. The summed E-state index contributed by atoms with van der Waals surface area (Å²) in [7, 11) is 0. The second-order valence-electron chi connectivity index (χ2n) is 13.7. The minimum Gasteiger partial charge on any atom is -0.340 e. The van der Waals surface area contributed by atoms with Crippen LogP contribution >= 0.6 is 0 Å². The van der Waals surface area contributed by atoms with E-state index in [-0.39, 0.29) is 11.5 Å². The number of aliphatic imine (C=N–C) groups is 1. The molecule has 2 unspecified atom stereocenters. The summed E-state index contributed by atoms with van der Waals surface area (Å²) in [4.78, 5) is 26.6. The zero-order valence-electron chi connectivity index (χ0n) is 24.9. The number of fused-ring (bicyclic) bond motifs is 4. The number of piperazine rings is 1. The Balaban J connectivity index is 1.24. The van der Waals surface area contributed by atoms with Gasteiger partial charge in [-0.3, -0.25) is 9.36 Å². The molecule has 3 aliphatic carbocycles. The van der Waals surface area contributed by atoms with Crippen molar-refractivity contribution in [3.8, 4) is 0 Å². The van der Waals surface area contributed by atoms with Crippen molar-refractivity contribution < 1.29 is 0 Å². The fourth-order valence-electron chi connectivity index (χ4n) is 8.28. The van der Waals surface area contributed by atoms with Crippen molar-refractivity contribution in [2.75, 3.05) is 25.0 Å². The standard InChI is InChI=1S/C34H44N6O/c1-21-20-39(16-14-35-21)33(38-29-18-24-17-28(22(29)2)34(24,3)4)36-25-12-13-27-30(19-25)37-31-26(23-9-6-5-7-10-23)11-8-15-40(31)32(27)41/h5-7,9-10,12-13,19,21-22,24,26,28-29,35H,8,11,14-18,20H2,1-4H3,(H,36,38)/t21-,22-,24-,26?,28+,29?/m0/s1. The summed E-state index contributed by atoms with van der Waals surface area (Å²) in [5.41, 5.74) is 3.44. The Labute approximate surface area is 243 Å². The number of rotatable bonds is 3. The highest BCUT2D eigenvalue weighted by Gasteiger charge is 2.56. The van der Waals surface area contributed by atoms with Crippen LogP contribution in [-0.2, 0) is 6.54 Å². The molecule has 0 radical (unpaired) electrons. The van der Waals surface area contributed by atoms with Gasteiger partial charge in [0.25, 0.3) is 5.56 Å². The van der Waals surface area contributed by atoms with Gasteiger partial charge in [0.1, 0.15) is 5.82 Å². The summed E-state index contributed by atoms with van der Waals surface area (Å²) in [6, 6.07) is 17.3. The number of nitrogens with one attached hydrogen (secondary N) is 2. The Kier molecular flexibility index (Phi) is 6.68. The van der Waals surface area contributed by atoms with Crippen LogP contribution < -0.4 is 16.2 Å². The van der Waals surface area contributed by atoms with E-state index in [1.54, 1.807) is 0 Å². The lowest BCUT2D eigenvalue weighted by Crippen LogP contribution is -2.57. The molecular formula is C34H44N6O. The molecule has 41 heavy (non-hydrogen) atoms. The maximum atomic E-state index is 13.6. The Morgan fingerprint density at radius 2 is 1.93 bits per heavy atom. The van der Waals surface area contributed by atoms with Crippen LogP contribution in [0.5, 0.6) is 0 Å². The minimum atomic E-state index is 0.0693. The van der Waals surface area contributed by atoms with Crippen molar-refractivity contribution in [3.05, 3.63) is 70.3 Å². The normalized spacial score (nSPS) is 30.9. The Hall–Kier alpha value is -3.19. The Morgan fingerprint density at radius 1 is 1.10 bits per heavy atom. The van der Waals surface area contributed by atoms with E-state index in [1.807, 2.05) is 22.8 Å². The molecule has 7 heteroatoms. The van der Waals surface area contributed by atoms with Gasteiger partial charge >= 0.3 is 0 Å². The van der Waals surface area contributed by atoms with Gasteiger partial charge in [0.15, 0.2) is 5.96 Å². The molecule has 1 saturated heterocycles. The number of aromatic nitrogens is 2. The third-order valence-electron chi connectivity index (χ3n) is 10.9. The van der Waals surface area contributed by atoms with E-state index >= 15 is 0 Å². The van der Waals surface area contributed by atoms with Gasteiger partial charge in [-0.2, -0.15) is 0 Å². The van der Waals surface area contributed by atoms with Crippen LogP contribution in [0.2, 0.25) is 0 Å². The van der Waals surface area contributed by atoms with Gasteiger partial charge in [0, 0.05) is 43.8 Å². The van der Waals surface area contributed by atoms with Crippen LogP contribution in [0.1, 0.15) is 70.7 Å². The molecular weight excluding hydrogens is 508 g/mol. The lowest BCUT2D eigenvalue weighted by Gasteiger charge is -2.61. The molecule has 8 rings (SSSR count). The van der Waals surface area contributed by atoms with E-state index in [1.165, 1.54) is 18.4 Å². The van der Waals surface area contributed by atoms with Crippen molar-refractivity contribution in [2.24, 2.45) is 28.2 Å². The van der Waals surface area contributed by atoms with E-state index in [9.17, 15) is 4.79 Å². The summed E-state index contributed by atoms with van der Waals surface area (Å²) in [5, 5.41) is 7.98. The molecule has 4 fully saturated rings. The van der Waals surface area contributed by atoms with Crippen LogP contribution in [0.15, 0.2) is 58.3 Å². The third-order valence-corrected chi connectivity index (χ3v) is 10.9. The monoisotopic (exact) mass is 552 g/mol. The molecule has 3 heterocycles. The van der Waals surface area contributed by atoms with Gasteiger partial charge in [-0.05, 0) is 79.5 Å². The van der Waals surface area contributed by atoms with Gasteiger partial charge < -0.3 is 15.5 Å². The maximum Gasteiger partial charge on any atom is 0.261 e. The van der Waals surface area contributed by atoms with Crippen LogP contribution in [0.3, 0.4) is 0 Å². The predicted molar refractivity (Wildman–Crippen MR) is 167 cm³/mol. The molecule has 2 aliphatic heterocycles. The fourth-order valence-corrected chi connectivity index (χ4v) is 8.28. The van der Waals surface area contributed by atoms with Crippen LogP contribution in [0, 0.1) is 23.2 Å². The van der Waals surface area contributed by atoms with Crippen molar-refractivity contribution in [1.29, 1.82) is 0 Å². The first kappa shape index (κ1) is 26.7. The minimum absolute atomic E-state index is 0.0693.